The highest BCUT2D eigenvalue weighted by Gasteiger charge is 2.76. The van der Waals surface area contributed by atoms with Crippen molar-refractivity contribution in [3.05, 3.63) is 83.0 Å². The van der Waals surface area contributed by atoms with Gasteiger partial charge in [0.25, 0.3) is 0 Å². The number of carbonyl (C=O) groups is 2. The third-order valence-electron chi connectivity index (χ3n) is 10.9. The Labute approximate surface area is 252 Å². The van der Waals surface area contributed by atoms with Gasteiger partial charge < -0.3 is 30.1 Å². The van der Waals surface area contributed by atoms with Crippen molar-refractivity contribution in [2.24, 2.45) is 34.5 Å². The molecule has 8 nitrogen and oxygen atoms in total. The van der Waals surface area contributed by atoms with E-state index >= 15 is 0 Å². The van der Waals surface area contributed by atoms with Crippen LogP contribution in [-0.4, -0.2) is 58.6 Å². The highest BCUT2D eigenvalue weighted by Crippen LogP contribution is 2.71. The van der Waals surface area contributed by atoms with Crippen LogP contribution in [0.25, 0.3) is 0 Å². The standard InChI is InChI=1S/C35H41NO7/c1-19-16-34-20(2)14-24-28(33(24,3)4)23(30(34)39)15-22(18-37)29(38)35(34,41)31(19)43-32(40)27-25(12-9-13-26(27)42-5)36-17-21-10-7-6-8-11-21/h6-13,15-16,20,23-24,28-29,31,36-38,41H,14,17-18H2,1-5H3/t20-,23+,24-,28+,29-,31+,34-,35+/m1/s1. The Bertz CT molecular complexity index is 1510. The number of methoxy groups -OCH3 is 1. The van der Waals surface area contributed by atoms with E-state index in [4.69, 9.17) is 9.47 Å². The smallest absolute Gasteiger partial charge is 0.344 e. The Hall–Kier alpha value is -3.46. The van der Waals surface area contributed by atoms with Gasteiger partial charge in [0.15, 0.2) is 17.5 Å². The van der Waals surface area contributed by atoms with E-state index in [1.54, 1.807) is 37.3 Å². The van der Waals surface area contributed by atoms with Gasteiger partial charge in [0, 0.05) is 12.5 Å². The van der Waals surface area contributed by atoms with Crippen LogP contribution >= 0.6 is 0 Å². The van der Waals surface area contributed by atoms with Gasteiger partial charge in [-0.2, -0.15) is 0 Å². The highest BCUT2D eigenvalue weighted by molar-refractivity contribution is 6.00. The van der Waals surface area contributed by atoms with Crippen LogP contribution in [0.3, 0.4) is 0 Å². The van der Waals surface area contributed by atoms with Crippen molar-refractivity contribution in [3.8, 4) is 5.75 Å². The van der Waals surface area contributed by atoms with E-state index in [0.29, 0.717) is 24.2 Å². The molecule has 0 aromatic heterocycles. The summed E-state index contributed by atoms with van der Waals surface area (Å²) in [4.78, 5) is 28.7. The molecule has 2 bridgehead atoms. The Morgan fingerprint density at radius 3 is 2.51 bits per heavy atom. The number of aliphatic hydroxyl groups excluding tert-OH is 2. The normalized spacial score (nSPS) is 35.4. The molecule has 43 heavy (non-hydrogen) atoms. The van der Waals surface area contributed by atoms with Gasteiger partial charge >= 0.3 is 5.97 Å². The zero-order valence-electron chi connectivity index (χ0n) is 25.3. The number of anilines is 1. The molecule has 0 aliphatic heterocycles. The van der Waals surface area contributed by atoms with Crippen LogP contribution in [0.15, 0.2) is 71.8 Å². The van der Waals surface area contributed by atoms with Gasteiger partial charge in [-0.1, -0.05) is 69.3 Å². The van der Waals surface area contributed by atoms with Crippen molar-refractivity contribution in [3.63, 3.8) is 0 Å². The van der Waals surface area contributed by atoms with E-state index in [-0.39, 0.29) is 45.8 Å². The number of carbonyl (C=O) groups excluding carboxylic acids is 2. The van der Waals surface area contributed by atoms with Crippen LogP contribution in [0.2, 0.25) is 0 Å². The number of hydrogen-bond acceptors (Lipinski definition) is 8. The summed E-state index contributed by atoms with van der Waals surface area (Å²) in [6.45, 7) is 7.87. The van der Waals surface area contributed by atoms with Crippen LogP contribution in [0.1, 0.15) is 50.0 Å². The average Bonchev–Trinajstić information content (AvgIpc) is 3.49. The zero-order chi connectivity index (χ0) is 30.9. The fraction of sp³-hybridized carbons (Fsp3) is 0.486. The molecular formula is C35H41NO7. The molecule has 2 aromatic rings. The summed E-state index contributed by atoms with van der Waals surface area (Å²) >= 11 is 0. The van der Waals surface area contributed by atoms with Crippen molar-refractivity contribution in [1.82, 2.24) is 0 Å². The summed E-state index contributed by atoms with van der Waals surface area (Å²) in [6, 6.07) is 14.9. The largest absolute Gasteiger partial charge is 0.496 e. The molecule has 0 amide bonds. The lowest BCUT2D eigenvalue weighted by Crippen LogP contribution is -2.65. The fourth-order valence-corrected chi connectivity index (χ4v) is 8.61. The van der Waals surface area contributed by atoms with Gasteiger partial charge in [-0.3, -0.25) is 4.79 Å². The Kier molecular flexibility index (Phi) is 7.11. The van der Waals surface area contributed by atoms with E-state index < -0.39 is 41.7 Å². The van der Waals surface area contributed by atoms with Crippen molar-refractivity contribution in [2.45, 2.75) is 58.5 Å². The average molecular weight is 588 g/mol. The van der Waals surface area contributed by atoms with E-state index in [0.717, 1.165) is 5.56 Å². The lowest BCUT2D eigenvalue weighted by molar-refractivity contribution is -0.190. The number of esters is 1. The van der Waals surface area contributed by atoms with Crippen molar-refractivity contribution in [2.75, 3.05) is 19.0 Å². The fourth-order valence-electron chi connectivity index (χ4n) is 8.61. The molecule has 2 saturated carbocycles. The molecule has 4 N–H and O–H groups in total. The first-order chi connectivity index (χ1) is 20.4. The van der Waals surface area contributed by atoms with Crippen LogP contribution in [0.5, 0.6) is 5.75 Å². The molecule has 0 unspecified atom stereocenters. The number of fused-ring (bicyclic) bond motifs is 3. The van der Waals surface area contributed by atoms with Crippen LogP contribution < -0.4 is 10.1 Å². The third kappa shape index (κ3) is 4.14. The molecule has 0 heterocycles. The number of aliphatic hydroxyl groups is 3. The predicted molar refractivity (Wildman–Crippen MR) is 161 cm³/mol. The van der Waals surface area contributed by atoms with Crippen molar-refractivity contribution >= 4 is 17.4 Å². The second-order valence-corrected chi connectivity index (χ2v) is 13.4. The molecule has 8 atom stereocenters. The molecule has 228 valence electrons. The quantitative estimate of drug-likeness (QED) is 0.279. The second-order valence-electron chi connectivity index (χ2n) is 13.4. The molecule has 2 fully saturated rings. The molecule has 1 spiro atoms. The van der Waals surface area contributed by atoms with Gasteiger partial charge in [0.2, 0.25) is 0 Å². The molecular weight excluding hydrogens is 546 g/mol. The molecule has 4 aliphatic rings. The second kappa shape index (κ2) is 10.3. The van der Waals surface area contributed by atoms with E-state index in [9.17, 15) is 24.9 Å². The van der Waals surface area contributed by atoms with Crippen LogP contribution in [-0.2, 0) is 16.1 Å². The topological polar surface area (TPSA) is 125 Å². The maximum absolute atomic E-state index is 14.6. The number of rotatable bonds is 7. The summed E-state index contributed by atoms with van der Waals surface area (Å²) in [7, 11) is 1.46. The minimum Gasteiger partial charge on any atom is -0.496 e. The Morgan fingerprint density at radius 2 is 1.84 bits per heavy atom. The molecule has 4 aliphatic carbocycles. The number of ether oxygens (including phenoxy) is 2. The lowest BCUT2D eigenvalue weighted by atomic mass is 9.59. The first-order valence-corrected chi connectivity index (χ1v) is 15.0. The first-order valence-electron chi connectivity index (χ1n) is 15.0. The molecule has 0 saturated heterocycles. The zero-order valence-corrected chi connectivity index (χ0v) is 25.3. The number of hydrogen-bond donors (Lipinski definition) is 4. The van der Waals surface area contributed by atoms with Gasteiger partial charge in [0.05, 0.1) is 24.8 Å². The number of nitrogens with one attached hydrogen (secondary N) is 1. The van der Waals surface area contributed by atoms with Crippen LogP contribution in [0.4, 0.5) is 5.69 Å². The van der Waals surface area contributed by atoms with Crippen molar-refractivity contribution in [1.29, 1.82) is 0 Å². The first kappa shape index (κ1) is 29.6. The van der Waals surface area contributed by atoms with Gasteiger partial charge in [-0.15, -0.1) is 0 Å². The summed E-state index contributed by atoms with van der Waals surface area (Å²) < 4.78 is 11.7. The van der Waals surface area contributed by atoms with E-state index in [2.05, 4.69) is 19.2 Å². The summed E-state index contributed by atoms with van der Waals surface area (Å²) in [6.07, 6.45) is 1.11. The van der Waals surface area contributed by atoms with Gasteiger partial charge in [-0.25, -0.2) is 4.79 Å². The summed E-state index contributed by atoms with van der Waals surface area (Å²) in [5, 5.41) is 38.2. The van der Waals surface area contributed by atoms with E-state index in [1.165, 1.54) is 7.11 Å². The molecule has 0 radical (unpaired) electrons. The third-order valence-corrected chi connectivity index (χ3v) is 10.9. The SMILES string of the molecule is COc1cccc(NCc2ccccc2)c1C(=O)O[C@H]1C(C)=C[C@@]23C(=O)[C@@H](C=C(CO)[C@@H](O)[C@]12O)[C@H]1[C@@H](C[C@H]3C)C1(C)C. The molecule has 2 aromatic carbocycles. The highest BCUT2D eigenvalue weighted by atomic mass is 16.6. The van der Waals surface area contributed by atoms with Crippen LogP contribution in [0, 0.1) is 34.5 Å². The number of benzene rings is 2. The predicted octanol–water partition coefficient (Wildman–Crippen LogP) is 4.30. The number of Topliss-reactive ketones (excluding diaryl/α,β-unsaturated/α-hetero) is 1. The number of ketones is 1. The molecule has 8 heteroatoms. The maximum atomic E-state index is 14.6. The van der Waals surface area contributed by atoms with Gasteiger partial charge in [-0.05, 0) is 65.4 Å². The summed E-state index contributed by atoms with van der Waals surface area (Å²) in [5.74, 6) is -1.30. The minimum atomic E-state index is -2.22. The van der Waals surface area contributed by atoms with Gasteiger partial charge in [0.1, 0.15) is 17.4 Å². The molecule has 6 rings (SSSR count). The monoisotopic (exact) mass is 587 g/mol. The van der Waals surface area contributed by atoms with Crippen molar-refractivity contribution < 1.29 is 34.4 Å². The Morgan fingerprint density at radius 1 is 1.12 bits per heavy atom. The number of allylic oxidation sites excluding steroid dienone is 1. The summed E-state index contributed by atoms with van der Waals surface area (Å²) in [5.41, 5.74) is -1.51. The maximum Gasteiger partial charge on any atom is 0.344 e. The Balaban J connectivity index is 1.40. The lowest BCUT2D eigenvalue weighted by Gasteiger charge is -2.48. The van der Waals surface area contributed by atoms with E-state index in [1.807, 2.05) is 37.3 Å². The minimum absolute atomic E-state index is 0.0417.